The van der Waals surface area contributed by atoms with Crippen LogP contribution >= 0.6 is 15.9 Å². The number of halogens is 1. The van der Waals surface area contributed by atoms with Crippen LogP contribution < -0.4 is 0 Å². The molecule has 22 heavy (non-hydrogen) atoms. The van der Waals surface area contributed by atoms with E-state index in [1.807, 2.05) is 0 Å². The number of aliphatic carboxylic acids is 2. The molecule has 0 aliphatic heterocycles. The van der Waals surface area contributed by atoms with Crippen molar-refractivity contribution in [3.63, 3.8) is 0 Å². The highest BCUT2D eigenvalue weighted by atomic mass is 79.9. The average Bonchev–Trinajstić information content (AvgIpc) is 2.28. The third kappa shape index (κ3) is 8.07. The van der Waals surface area contributed by atoms with Crippen LogP contribution in [0.2, 0.25) is 0 Å². The summed E-state index contributed by atoms with van der Waals surface area (Å²) in [6.07, 6.45) is -2.86. The molecule has 0 heterocycles. The predicted octanol–water partition coefficient (Wildman–Crippen LogP) is 2.13. The van der Waals surface area contributed by atoms with Crippen molar-refractivity contribution in [3.05, 3.63) is 0 Å². The van der Waals surface area contributed by atoms with Crippen molar-refractivity contribution < 1.29 is 29.3 Å². The fourth-order valence-electron chi connectivity index (χ4n) is 1.64. The van der Waals surface area contributed by atoms with Crippen molar-refractivity contribution in [1.82, 2.24) is 4.90 Å². The maximum atomic E-state index is 11.6. The van der Waals surface area contributed by atoms with E-state index in [2.05, 4.69) is 15.9 Å². The van der Waals surface area contributed by atoms with E-state index in [1.165, 1.54) is 4.90 Å². The maximum absolute atomic E-state index is 11.6. The smallest absolute Gasteiger partial charge is 0.348 e. The zero-order chi connectivity index (χ0) is 17.7. The van der Waals surface area contributed by atoms with Gasteiger partial charge in [0, 0.05) is 11.9 Å². The van der Waals surface area contributed by atoms with E-state index in [0.717, 1.165) is 0 Å². The summed E-state index contributed by atoms with van der Waals surface area (Å²) in [5.41, 5.74) is -1.50. The number of alkyl halides is 1. The summed E-state index contributed by atoms with van der Waals surface area (Å²) in [5, 5.41) is 19.2. The molecule has 0 fully saturated rings. The third-order valence-corrected chi connectivity index (χ3v) is 2.65. The van der Waals surface area contributed by atoms with Crippen molar-refractivity contribution in [2.24, 2.45) is 0 Å². The number of ether oxygens (including phenoxy) is 2. The second kappa shape index (κ2) is 8.24. The highest BCUT2D eigenvalue weighted by Crippen LogP contribution is 2.21. The summed E-state index contributed by atoms with van der Waals surface area (Å²) in [4.78, 5) is 24.3. The van der Waals surface area contributed by atoms with Crippen LogP contribution in [0.15, 0.2) is 0 Å². The minimum absolute atomic E-state index is 0.139. The number of hydrogen-bond donors (Lipinski definition) is 2. The Morgan fingerprint density at radius 3 is 1.45 bits per heavy atom. The highest BCUT2D eigenvalue weighted by Gasteiger charge is 2.40. The molecular formula is C14H26BrNO6. The van der Waals surface area contributed by atoms with Gasteiger partial charge >= 0.3 is 11.9 Å². The third-order valence-electron chi connectivity index (χ3n) is 2.30. The van der Waals surface area contributed by atoms with Gasteiger partial charge in [-0.05, 0) is 41.5 Å². The van der Waals surface area contributed by atoms with Gasteiger partial charge < -0.3 is 19.7 Å². The van der Waals surface area contributed by atoms with E-state index < -0.39 is 35.6 Å². The van der Waals surface area contributed by atoms with E-state index in [1.54, 1.807) is 41.5 Å². The highest BCUT2D eigenvalue weighted by molar-refractivity contribution is 9.09. The Labute approximate surface area is 139 Å². The number of carboxylic acid groups (broad SMARTS) is 2. The summed E-state index contributed by atoms with van der Waals surface area (Å²) in [6.45, 7) is 10.4. The normalized spacial score (nSPS) is 15.6. The molecule has 0 saturated carbocycles. The quantitative estimate of drug-likeness (QED) is 0.489. The first-order chi connectivity index (χ1) is 9.78. The van der Waals surface area contributed by atoms with E-state index in [-0.39, 0.29) is 6.54 Å². The van der Waals surface area contributed by atoms with Gasteiger partial charge in [0.05, 0.1) is 11.2 Å². The molecular weight excluding hydrogens is 358 g/mol. The molecule has 0 spiro atoms. The molecule has 2 N–H and O–H groups in total. The monoisotopic (exact) mass is 383 g/mol. The minimum Gasteiger partial charge on any atom is -0.478 e. The lowest BCUT2D eigenvalue weighted by Crippen LogP contribution is -2.57. The molecule has 0 aromatic carbocycles. The second-order valence-corrected chi connectivity index (χ2v) is 7.56. The second-order valence-electron chi connectivity index (χ2n) is 6.77. The molecule has 0 aromatic rings. The summed E-state index contributed by atoms with van der Waals surface area (Å²) >= 11 is 3.21. The topological polar surface area (TPSA) is 96.3 Å². The van der Waals surface area contributed by atoms with Gasteiger partial charge in [0.25, 0.3) is 0 Å². The van der Waals surface area contributed by atoms with Crippen molar-refractivity contribution in [3.8, 4) is 0 Å². The van der Waals surface area contributed by atoms with E-state index in [0.29, 0.717) is 5.33 Å². The van der Waals surface area contributed by atoms with Gasteiger partial charge in [0.2, 0.25) is 12.5 Å². The first-order valence-corrected chi connectivity index (χ1v) is 8.03. The summed E-state index contributed by atoms with van der Waals surface area (Å²) < 4.78 is 11.0. The Kier molecular flexibility index (Phi) is 7.97. The summed E-state index contributed by atoms with van der Waals surface area (Å²) in [6, 6.07) is 0. The molecule has 0 aliphatic carbocycles. The van der Waals surface area contributed by atoms with Crippen molar-refractivity contribution >= 4 is 27.9 Å². The molecule has 7 nitrogen and oxygen atoms in total. The van der Waals surface area contributed by atoms with Crippen LogP contribution in [0.4, 0.5) is 0 Å². The average molecular weight is 384 g/mol. The first-order valence-electron chi connectivity index (χ1n) is 6.91. The number of rotatable bonds is 8. The standard InChI is InChI=1S/C14H26BrNO6/c1-13(2,3)21-9(11(17)18)16(8-7-15)10(12(19)20)22-14(4,5)6/h9-10H,7-8H2,1-6H3,(H,17,18)(H,19,20). The zero-order valence-corrected chi connectivity index (χ0v) is 15.5. The van der Waals surface area contributed by atoms with Gasteiger partial charge in [-0.25, -0.2) is 14.5 Å². The molecule has 2 unspecified atom stereocenters. The van der Waals surface area contributed by atoms with Gasteiger partial charge in [-0.2, -0.15) is 0 Å². The number of carboxylic acids is 2. The van der Waals surface area contributed by atoms with E-state index in [4.69, 9.17) is 9.47 Å². The Hall–Kier alpha value is -0.700. The van der Waals surface area contributed by atoms with Crippen LogP contribution in [0.3, 0.4) is 0 Å². The van der Waals surface area contributed by atoms with Gasteiger partial charge in [-0.1, -0.05) is 15.9 Å². The molecule has 0 rings (SSSR count). The number of nitrogens with zero attached hydrogens (tertiary/aromatic N) is 1. The van der Waals surface area contributed by atoms with Gasteiger partial charge in [-0.15, -0.1) is 0 Å². The number of hydrogen-bond acceptors (Lipinski definition) is 5. The van der Waals surface area contributed by atoms with E-state index in [9.17, 15) is 19.8 Å². The number of carbonyl (C=O) groups is 2. The predicted molar refractivity (Wildman–Crippen MR) is 85.0 cm³/mol. The fourth-order valence-corrected chi connectivity index (χ4v) is 2.05. The lowest BCUT2D eigenvalue weighted by Gasteiger charge is -2.38. The molecule has 130 valence electrons. The van der Waals surface area contributed by atoms with Crippen molar-refractivity contribution in [1.29, 1.82) is 0 Å². The molecule has 8 heteroatoms. The minimum atomic E-state index is -1.43. The van der Waals surface area contributed by atoms with E-state index >= 15 is 0 Å². The molecule has 2 atom stereocenters. The Bertz CT molecular complexity index is 354. The van der Waals surface area contributed by atoms with Crippen molar-refractivity contribution in [2.75, 3.05) is 11.9 Å². The van der Waals surface area contributed by atoms with Gasteiger partial charge in [-0.3, -0.25) is 0 Å². The fraction of sp³-hybridized carbons (Fsp3) is 0.857. The maximum Gasteiger partial charge on any atom is 0.348 e. The Morgan fingerprint density at radius 1 is 0.955 bits per heavy atom. The Balaban J connectivity index is 5.58. The van der Waals surface area contributed by atoms with Crippen LogP contribution in [0.1, 0.15) is 41.5 Å². The van der Waals surface area contributed by atoms with Crippen LogP contribution in [0.25, 0.3) is 0 Å². The first kappa shape index (κ1) is 21.3. The summed E-state index contributed by atoms with van der Waals surface area (Å²) in [7, 11) is 0. The van der Waals surface area contributed by atoms with Crippen LogP contribution in [-0.2, 0) is 19.1 Å². The molecule has 0 aliphatic rings. The van der Waals surface area contributed by atoms with Gasteiger partial charge in [0.1, 0.15) is 0 Å². The summed E-state index contributed by atoms with van der Waals surface area (Å²) in [5.74, 6) is -2.53. The SMILES string of the molecule is CC(C)(C)OC(C(=O)O)N(CCBr)C(OC(C)(C)C)C(=O)O. The largest absolute Gasteiger partial charge is 0.478 e. The molecule has 0 radical (unpaired) electrons. The zero-order valence-electron chi connectivity index (χ0n) is 13.9. The molecule has 0 aromatic heterocycles. The molecule has 0 saturated heterocycles. The van der Waals surface area contributed by atoms with Gasteiger partial charge in [0.15, 0.2) is 0 Å². The lowest BCUT2D eigenvalue weighted by molar-refractivity contribution is -0.226. The van der Waals surface area contributed by atoms with Crippen LogP contribution in [0.5, 0.6) is 0 Å². The molecule has 0 bridgehead atoms. The van der Waals surface area contributed by atoms with Crippen LogP contribution in [0, 0.1) is 0 Å². The molecule has 0 amide bonds. The van der Waals surface area contributed by atoms with Crippen molar-refractivity contribution in [2.45, 2.75) is 65.2 Å². The Morgan fingerprint density at radius 2 is 1.27 bits per heavy atom. The lowest BCUT2D eigenvalue weighted by atomic mass is 10.2. The van der Waals surface area contributed by atoms with Crippen LogP contribution in [-0.4, -0.2) is 62.6 Å².